The highest BCUT2D eigenvalue weighted by Gasteiger charge is 2.18. The standard InChI is InChI=1S/C15H19N5OS/c1-12-7-3-4-8-13(12)20-15(16-17-18-20)22-11-14(21)19-9-5-2-6-10-19/h3-4,7-8H,2,5-6,9-11H2,1H3. The normalized spacial score (nSPS) is 15.0. The van der Waals surface area contributed by atoms with Gasteiger partial charge in [-0.2, -0.15) is 4.68 Å². The summed E-state index contributed by atoms with van der Waals surface area (Å²) in [6.45, 7) is 3.77. The molecule has 1 amide bonds. The van der Waals surface area contributed by atoms with Gasteiger partial charge in [-0.05, 0) is 48.2 Å². The highest BCUT2D eigenvalue weighted by atomic mass is 32.2. The molecule has 0 saturated carbocycles. The molecule has 1 fully saturated rings. The van der Waals surface area contributed by atoms with Gasteiger partial charge in [-0.1, -0.05) is 30.0 Å². The number of aryl methyl sites for hydroxylation is 1. The summed E-state index contributed by atoms with van der Waals surface area (Å²) < 4.78 is 1.70. The number of thioether (sulfide) groups is 1. The zero-order valence-electron chi connectivity index (χ0n) is 12.6. The fourth-order valence-electron chi connectivity index (χ4n) is 2.58. The lowest BCUT2D eigenvalue weighted by molar-refractivity contribution is -0.129. The molecule has 1 aliphatic heterocycles. The molecule has 0 bridgehead atoms. The van der Waals surface area contributed by atoms with Crippen molar-refractivity contribution in [2.45, 2.75) is 31.3 Å². The lowest BCUT2D eigenvalue weighted by Gasteiger charge is -2.26. The molecule has 1 aromatic carbocycles. The first-order chi connectivity index (χ1) is 10.8. The number of hydrogen-bond acceptors (Lipinski definition) is 5. The molecule has 1 aromatic heterocycles. The second kappa shape index (κ2) is 6.91. The number of piperidine rings is 1. The molecule has 0 N–H and O–H groups in total. The van der Waals surface area contributed by atoms with Crippen molar-refractivity contribution in [1.29, 1.82) is 0 Å². The van der Waals surface area contributed by atoms with Crippen LogP contribution >= 0.6 is 11.8 Å². The fourth-order valence-corrected chi connectivity index (χ4v) is 3.37. The summed E-state index contributed by atoms with van der Waals surface area (Å²) in [4.78, 5) is 14.2. The van der Waals surface area contributed by atoms with Gasteiger partial charge in [0.15, 0.2) is 0 Å². The third-order valence-corrected chi connectivity index (χ3v) is 4.72. The topological polar surface area (TPSA) is 63.9 Å². The SMILES string of the molecule is Cc1ccccc1-n1nnnc1SCC(=O)N1CCCCC1. The number of hydrogen-bond donors (Lipinski definition) is 0. The molecule has 7 heteroatoms. The van der Waals surface area contributed by atoms with Gasteiger partial charge in [-0.3, -0.25) is 4.79 Å². The van der Waals surface area contributed by atoms with Crippen molar-refractivity contribution in [3.63, 3.8) is 0 Å². The number of para-hydroxylation sites is 1. The maximum Gasteiger partial charge on any atom is 0.233 e. The Bertz CT molecular complexity index is 651. The molecule has 3 rings (SSSR count). The minimum Gasteiger partial charge on any atom is -0.342 e. The molecule has 0 radical (unpaired) electrons. The number of amides is 1. The van der Waals surface area contributed by atoms with Gasteiger partial charge in [-0.25, -0.2) is 0 Å². The quantitative estimate of drug-likeness (QED) is 0.808. The van der Waals surface area contributed by atoms with Gasteiger partial charge in [-0.15, -0.1) is 5.10 Å². The Hall–Kier alpha value is -1.89. The zero-order chi connectivity index (χ0) is 15.4. The molecule has 0 spiro atoms. The molecule has 116 valence electrons. The average molecular weight is 317 g/mol. The van der Waals surface area contributed by atoms with Crippen LogP contribution in [-0.2, 0) is 4.79 Å². The third-order valence-electron chi connectivity index (χ3n) is 3.82. The number of rotatable bonds is 4. The van der Waals surface area contributed by atoms with Crippen LogP contribution in [0.3, 0.4) is 0 Å². The predicted octanol–water partition coefficient (Wildman–Crippen LogP) is 2.08. The Kier molecular flexibility index (Phi) is 4.72. The molecule has 2 heterocycles. The minimum absolute atomic E-state index is 0.170. The van der Waals surface area contributed by atoms with E-state index in [0.717, 1.165) is 37.2 Å². The summed E-state index contributed by atoms with van der Waals surface area (Å²) in [5.41, 5.74) is 2.04. The van der Waals surface area contributed by atoms with Crippen molar-refractivity contribution in [3.8, 4) is 5.69 Å². The van der Waals surface area contributed by atoms with Crippen molar-refractivity contribution < 1.29 is 4.79 Å². The Morgan fingerprint density at radius 1 is 1.23 bits per heavy atom. The lowest BCUT2D eigenvalue weighted by atomic mass is 10.1. The molecule has 1 aliphatic rings. The first kappa shape index (κ1) is 15.0. The van der Waals surface area contributed by atoms with E-state index in [-0.39, 0.29) is 5.91 Å². The van der Waals surface area contributed by atoms with Crippen LogP contribution in [0.15, 0.2) is 29.4 Å². The number of nitrogens with zero attached hydrogens (tertiary/aromatic N) is 5. The van der Waals surface area contributed by atoms with E-state index in [1.807, 2.05) is 36.1 Å². The van der Waals surface area contributed by atoms with Crippen LogP contribution < -0.4 is 0 Å². The van der Waals surface area contributed by atoms with Gasteiger partial charge >= 0.3 is 0 Å². The average Bonchev–Trinajstić information content (AvgIpc) is 3.02. The number of benzene rings is 1. The van der Waals surface area contributed by atoms with Crippen molar-refractivity contribution in [3.05, 3.63) is 29.8 Å². The highest BCUT2D eigenvalue weighted by Crippen LogP contribution is 2.21. The maximum atomic E-state index is 12.2. The molecule has 0 atom stereocenters. The second-order valence-electron chi connectivity index (χ2n) is 5.39. The minimum atomic E-state index is 0.170. The maximum absolute atomic E-state index is 12.2. The molecule has 0 unspecified atom stereocenters. The van der Waals surface area contributed by atoms with E-state index in [0.29, 0.717) is 10.9 Å². The van der Waals surface area contributed by atoms with Gasteiger partial charge in [0, 0.05) is 13.1 Å². The van der Waals surface area contributed by atoms with Gasteiger partial charge in [0.1, 0.15) is 0 Å². The Labute approximate surface area is 133 Å². The molecule has 2 aromatic rings. The van der Waals surface area contributed by atoms with Crippen LogP contribution in [-0.4, -0.2) is 49.9 Å². The van der Waals surface area contributed by atoms with E-state index in [1.54, 1.807) is 4.68 Å². The van der Waals surface area contributed by atoms with E-state index in [1.165, 1.54) is 18.2 Å². The second-order valence-corrected chi connectivity index (χ2v) is 6.33. The monoisotopic (exact) mass is 317 g/mol. The van der Waals surface area contributed by atoms with Crippen molar-refractivity contribution in [1.82, 2.24) is 25.1 Å². The largest absolute Gasteiger partial charge is 0.342 e. The van der Waals surface area contributed by atoms with Crippen LogP contribution in [0.1, 0.15) is 24.8 Å². The molecule has 22 heavy (non-hydrogen) atoms. The smallest absolute Gasteiger partial charge is 0.233 e. The molecular formula is C15H19N5OS. The lowest BCUT2D eigenvalue weighted by Crippen LogP contribution is -2.36. The number of likely N-dealkylation sites (tertiary alicyclic amines) is 1. The van der Waals surface area contributed by atoms with Crippen molar-refractivity contribution in [2.24, 2.45) is 0 Å². The first-order valence-electron chi connectivity index (χ1n) is 7.50. The molecular weight excluding hydrogens is 298 g/mol. The third kappa shape index (κ3) is 3.30. The van der Waals surface area contributed by atoms with Crippen LogP contribution in [0.4, 0.5) is 0 Å². The number of aromatic nitrogens is 4. The molecule has 1 saturated heterocycles. The number of tetrazole rings is 1. The van der Waals surface area contributed by atoms with E-state index in [9.17, 15) is 4.79 Å². The summed E-state index contributed by atoms with van der Waals surface area (Å²) in [6.07, 6.45) is 3.44. The highest BCUT2D eigenvalue weighted by molar-refractivity contribution is 7.99. The van der Waals surface area contributed by atoms with Crippen molar-refractivity contribution in [2.75, 3.05) is 18.8 Å². The Balaban J connectivity index is 1.68. The number of carbonyl (C=O) groups is 1. The van der Waals surface area contributed by atoms with Crippen LogP contribution in [0.25, 0.3) is 5.69 Å². The fraction of sp³-hybridized carbons (Fsp3) is 0.467. The van der Waals surface area contributed by atoms with Gasteiger partial charge in [0.25, 0.3) is 0 Å². The van der Waals surface area contributed by atoms with Crippen molar-refractivity contribution >= 4 is 17.7 Å². The Morgan fingerprint density at radius 3 is 2.77 bits per heavy atom. The molecule has 6 nitrogen and oxygen atoms in total. The summed E-state index contributed by atoms with van der Waals surface area (Å²) in [7, 11) is 0. The number of carbonyl (C=O) groups excluding carboxylic acids is 1. The van der Waals surface area contributed by atoms with Crippen LogP contribution in [0.2, 0.25) is 0 Å². The van der Waals surface area contributed by atoms with E-state index in [2.05, 4.69) is 15.5 Å². The van der Waals surface area contributed by atoms with Gasteiger partial charge in [0.05, 0.1) is 11.4 Å². The van der Waals surface area contributed by atoms with Gasteiger partial charge in [0.2, 0.25) is 11.1 Å². The summed E-state index contributed by atoms with van der Waals surface area (Å²) >= 11 is 1.39. The Morgan fingerprint density at radius 2 is 2.00 bits per heavy atom. The summed E-state index contributed by atoms with van der Waals surface area (Å²) in [6, 6.07) is 7.93. The van der Waals surface area contributed by atoms with E-state index < -0.39 is 0 Å². The predicted molar refractivity (Wildman–Crippen MR) is 85.0 cm³/mol. The summed E-state index contributed by atoms with van der Waals surface area (Å²) in [5, 5.41) is 12.5. The van der Waals surface area contributed by atoms with E-state index in [4.69, 9.17) is 0 Å². The van der Waals surface area contributed by atoms with Gasteiger partial charge < -0.3 is 4.90 Å². The van der Waals surface area contributed by atoms with Crippen LogP contribution in [0, 0.1) is 6.92 Å². The van der Waals surface area contributed by atoms with E-state index >= 15 is 0 Å². The molecule has 0 aliphatic carbocycles. The van der Waals surface area contributed by atoms with Crippen LogP contribution in [0.5, 0.6) is 0 Å². The summed E-state index contributed by atoms with van der Waals surface area (Å²) in [5.74, 6) is 0.552. The first-order valence-corrected chi connectivity index (χ1v) is 8.49. The zero-order valence-corrected chi connectivity index (χ0v) is 13.4.